The highest BCUT2D eigenvalue weighted by Crippen LogP contribution is 2.22. The van der Waals surface area contributed by atoms with Crippen LogP contribution in [0, 0.1) is 0 Å². The number of hydrogen-bond donors (Lipinski definition) is 1. The minimum atomic E-state index is -0.725. The van der Waals surface area contributed by atoms with Gasteiger partial charge in [-0.05, 0) is 31.2 Å². The van der Waals surface area contributed by atoms with Crippen LogP contribution in [0.4, 0.5) is 5.69 Å². The lowest BCUT2D eigenvalue weighted by Gasteiger charge is -2.13. The number of ketones is 1. The number of carbonyl (C=O) groups excluding carboxylic acids is 5. The molecule has 0 unspecified atom stereocenters. The summed E-state index contributed by atoms with van der Waals surface area (Å²) in [6, 6.07) is 12.9. The number of para-hydroxylation sites is 1. The number of hydrogen-bond acceptors (Lipinski definition) is 6. The number of imide groups is 1. The maximum absolute atomic E-state index is 12.2. The van der Waals surface area contributed by atoms with Gasteiger partial charge in [0.15, 0.2) is 12.4 Å². The summed E-state index contributed by atoms with van der Waals surface area (Å²) in [5.74, 6) is -2.46. The zero-order valence-electron chi connectivity index (χ0n) is 15.6. The number of anilines is 1. The molecule has 0 bridgehead atoms. The van der Waals surface area contributed by atoms with Gasteiger partial charge in [-0.2, -0.15) is 0 Å². The third kappa shape index (κ3) is 4.37. The predicted molar refractivity (Wildman–Crippen MR) is 102 cm³/mol. The van der Waals surface area contributed by atoms with Crippen molar-refractivity contribution in [1.82, 2.24) is 4.90 Å². The van der Waals surface area contributed by atoms with Gasteiger partial charge in [-0.25, -0.2) is 0 Å². The molecule has 0 radical (unpaired) electrons. The minimum Gasteiger partial charge on any atom is -0.456 e. The van der Waals surface area contributed by atoms with Crippen LogP contribution in [-0.4, -0.2) is 47.5 Å². The van der Waals surface area contributed by atoms with Gasteiger partial charge < -0.3 is 10.1 Å². The standard InChI is InChI=1S/C21H18N2O6/c1-13(24)14-6-4-5-9-17(14)22-18(25)12-29-19(26)10-11-23-20(27)15-7-2-3-8-16(15)21(23)28/h2-9H,10-12H2,1H3,(H,22,25). The molecular weight excluding hydrogens is 376 g/mol. The highest BCUT2D eigenvalue weighted by atomic mass is 16.5. The molecule has 1 N–H and O–H groups in total. The molecule has 0 saturated carbocycles. The smallest absolute Gasteiger partial charge is 0.308 e. The molecule has 0 saturated heterocycles. The molecule has 148 valence electrons. The first kappa shape index (κ1) is 19.9. The van der Waals surface area contributed by atoms with E-state index in [1.807, 2.05) is 0 Å². The van der Waals surface area contributed by atoms with E-state index in [0.29, 0.717) is 22.4 Å². The fraction of sp³-hybridized carbons (Fsp3) is 0.190. The SMILES string of the molecule is CC(=O)c1ccccc1NC(=O)COC(=O)CCN1C(=O)c2ccccc2C1=O. The molecular formula is C21H18N2O6. The second-order valence-electron chi connectivity index (χ2n) is 6.37. The van der Waals surface area contributed by atoms with E-state index in [9.17, 15) is 24.0 Å². The number of ether oxygens (including phenoxy) is 1. The predicted octanol–water partition coefficient (Wildman–Crippen LogP) is 2.06. The van der Waals surface area contributed by atoms with E-state index in [1.165, 1.54) is 6.92 Å². The summed E-state index contributed by atoms with van der Waals surface area (Å²) in [7, 11) is 0. The number of amides is 3. The number of carbonyl (C=O) groups is 5. The van der Waals surface area contributed by atoms with E-state index in [2.05, 4.69) is 5.32 Å². The maximum atomic E-state index is 12.2. The van der Waals surface area contributed by atoms with Crippen LogP contribution >= 0.6 is 0 Å². The van der Waals surface area contributed by atoms with Gasteiger partial charge >= 0.3 is 5.97 Å². The Labute approximate surface area is 166 Å². The largest absolute Gasteiger partial charge is 0.456 e. The lowest BCUT2D eigenvalue weighted by atomic mass is 10.1. The van der Waals surface area contributed by atoms with Crippen LogP contribution < -0.4 is 5.32 Å². The Kier molecular flexibility index (Phi) is 5.82. The zero-order chi connectivity index (χ0) is 21.0. The van der Waals surface area contributed by atoms with Crippen LogP contribution in [0.15, 0.2) is 48.5 Å². The molecule has 0 aromatic heterocycles. The summed E-state index contributed by atoms with van der Waals surface area (Å²) in [6.45, 7) is 0.692. The van der Waals surface area contributed by atoms with Crippen LogP contribution in [0.5, 0.6) is 0 Å². The third-order valence-electron chi connectivity index (χ3n) is 4.36. The Morgan fingerprint density at radius 3 is 2.14 bits per heavy atom. The van der Waals surface area contributed by atoms with Gasteiger partial charge in [-0.15, -0.1) is 0 Å². The molecule has 1 aliphatic rings. The van der Waals surface area contributed by atoms with Crippen molar-refractivity contribution in [3.05, 3.63) is 65.2 Å². The molecule has 0 fully saturated rings. The lowest BCUT2D eigenvalue weighted by Crippen LogP contribution is -2.32. The van der Waals surface area contributed by atoms with E-state index in [0.717, 1.165) is 4.90 Å². The van der Waals surface area contributed by atoms with E-state index in [1.54, 1.807) is 48.5 Å². The van der Waals surface area contributed by atoms with Crippen LogP contribution in [0.3, 0.4) is 0 Å². The van der Waals surface area contributed by atoms with Gasteiger partial charge in [0, 0.05) is 12.1 Å². The normalized spacial score (nSPS) is 12.5. The second-order valence-corrected chi connectivity index (χ2v) is 6.37. The van der Waals surface area contributed by atoms with Gasteiger partial charge in [0.05, 0.1) is 23.2 Å². The summed E-state index contributed by atoms with van der Waals surface area (Å²) < 4.78 is 4.90. The van der Waals surface area contributed by atoms with Gasteiger partial charge in [0.1, 0.15) is 0 Å². The summed E-state index contributed by atoms with van der Waals surface area (Å²) >= 11 is 0. The first-order chi connectivity index (χ1) is 13.9. The van der Waals surface area contributed by atoms with Gasteiger partial charge in [0.2, 0.25) is 0 Å². The summed E-state index contributed by atoms with van der Waals surface area (Å²) in [6.07, 6.45) is -0.233. The van der Waals surface area contributed by atoms with Crippen molar-refractivity contribution in [1.29, 1.82) is 0 Å². The zero-order valence-corrected chi connectivity index (χ0v) is 15.6. The number of rotatable bonds is 7. The second kappa shape index (κ2) is 8.47. The number of esters is 1. The topological polar surface area (TPSA) is 110 Å². The monoisotopic (exact) mass is 394 g/mol. The van der Waals surface area contributed by atoms with Crippen LogP contribution in [0.25, 0.3) is 0 Å². The third-order valence-corrected chi connectivity index (χ3v) is 4.36. The Balaban J connectivity index is 1.49. The molecule has 8 nitrogen and oxygen atoms in total. The highest BCUT2D eigenvalue weighted by molar-refractivity contribution is 6.21. The first-order valence-corrected chi connectivity index (χ1v) is 8.89. The summed E-state index contributed by atoms with van der Waals surface area (Å²) in [5.41, 5.74) is 1.27. The number of benzene rings is 2. The fourth-order valence-corrected chi connectivity index (χ4v) is 2.95. The molecule has 29 heavy (non-hydrogen) atoms. The average molecular weight is 394 g/mol. The van der Waals surface area contributed by atoms with Gasteiger partial charge in [0.25, 0.3) is 17.7 Å². The summed E-state index contributed by atoms with van der Waals surface area (Å²) in [5, 5.41) is 2.51. The number of Topliss-reactive ketones (excluding diaryl/α,β-unsaturated/α-hetero) is 1. The van der Waals surface area contributed by atoms with Crippen molar-refractivity contribution in [2.24, 2.45) is 0 Å². The van der Waals surface area contributed by atoms with Crippen molar-refractivity contribution in [3.8, 4) is 0 Å². The van der Waals surface area contributed by atoms with E-state index in [4.69, 9.17) is 4.74 Å². The van der Waals surface area contributed by atoms with E-state index in [-0.39, 0.29) is 18.7 Å². The van der Waals surface area contributed by atoms with E-state index >= 15 is 0 Å². The Hall–Kier alpha value is -3.81. The Morgan fingerprint density at radius 2 is 1.52 bits per heavy atom. The Bertz CT molecular complexity index is 979. The molecule has 2 aromatic carbocycles. The fourth-order valence-electron chi connectivity index (χ4n) is 2.95. The molecule has 0 spiro atoms. The van der Waals surface area contributed by atoms with Crippen molar-refractivity contribution in [3.63, 3.8) is 0 Å². The molecule has 0 aliphatic carbocycles. The van der Waals surface area contributed by atoms with Crippen molar-refractivity contribution in [2.75, 3.05) is 18.5 Å². The van der Waals surface area contributed by atoms with Crippen LogP contribution in [-0.2, 0) is 14.3 Å². The molecule has 3 rings (SSSR count). The molecule has 1 heterocycles. The summed E-state index contributed by atoms with van der Waals surface area (Å²) in [4.78, 5) is 60.9. The lowest BCUT2D eigenvalue weighted by molar-refractivity contribution is -0.147. The van der Waals surface area contributed by atoms with Gasteiger partial charge in [-0.3, -0.25) is 28.9 Å². The van der Waals surface area contributed by atoms with Crippen LogP contribution in [0.1, 0.15) is 44.4 Å². The number of nitrogens with zero attached hydrogens (tertiary/aromatic N) is 1. The molecule has 2 aromatic rings. The van der Waals surface area contributed by atoms with Crippen LogP contribution in [0.2, 0.25) is 0 Å². The van der Waals surface area contributed by atoms with Crippen molar-refractivity contribution < 1.29 is 28.7 Å². The number of nitrogens with one attached hydrogen (secondary N) is 1. The number of fused-ring (bicyclic) bond motifs is 1. The molecule has 3 amide bonds. The molecule has 1 aliphatic heterocycles. The first-order valence-electron chi connectivity index (χ1n) is 8.89. The Morgan fingerprint density at radius 1 is 0.931 bits per heavy atom. The highest BCUT2D eigenvalue weighted by Gasteiger charge is 2.35. The van der Waals surface area contributed by atoms with Crippen molar-refractivity contribution >= 4 is 35.2 Å². The molecule has 8 heteroatoms. The maximum Gasteiger partial charge on any atom is 0.308 e. The van der Waals surface area contributed by atoms with Crippen molar-refractivity contribution in [2.45, 2.75) is 13.3 Å². The quantitative estimate of drug-likeness (QED) is 0.437. The average Bonchev–Trinajstić information content (AvgIpc) is 2.95. The van der Waals surface area contributed by atoms with Gasteiger partial charge in [-0.1, -0.05) is 24.3 Å². The minimum absolute atomic E-state index is 0.139. The van der Waals surface area contributed by atoms with E-state index < -0.39 is 30.3 Å². The molecule has 0 atom stereocenters.